The lowest BCUT2D eigenvalue weighted by Crippen LogP contribution is -2.49. The maximum absolute atomic E-state index is 13.0. The van der Waals surface area contributed by atoms with Gasteiger partial charge in [-0.1, -0.05) is 26.0 Å². The second-order valence-electron chi connectivity index (χ2n) is 8.48. The zero-order chi connectivity index (χ0) is 22.7. The van der Waals surface area contributed by atoms with Crippen molar-refractivity contribution in [3.63, 3.8) is 0 Å². The number of piperazine rings is 1. The number of pyridine rings is 1. The van der Waals surface area contributed by atoms with Crippen LogP contribution in [0.25, 0.3) is 10.9 Å². The molecular weight excluding hydrogens is 432 g/mol. The Morgan fingerprint density at radius 2 is 1.84 bits per heavy atom. The predicted octanol–water partition coefficient (Wildman–Crippen LogP) is 2.17. The highest BCUT2D eigenvalue weighted by Gasteiger charge is 2.28. The standard InChI is InChI=1S/C22H30N4O5S/c1-17(2)16-31-22(27)25-8-6-24(7-9-25)20-5-3-4-18-14-19(15-23-21(18)20)32(28,29)26-10-12-30-13-11-26/h3-5,14-15,17H,6-13,16H2,1-2H3. The van der Waals surface area contributed by atoms with Gasteiger partial charge in [-0.05, 0) is 18.1 Å². The minimum Gasteiger partial charge on any atom is -0.449 e. The number of amides is 1. The Labute approximate surface area is 188 Å². The van der Waals surface area contributed by atoms with Crippen LogP contribution >= 0.6 is 0 Å². The molecule has 2 saturated heterocycles. The van der Waals surface area contributed by atoms with Gasteiger partial charge in [0.1, 0.15) is 4.90 Å². The molecule has 1 amide bonds. The summed E-state index contributed by atoms with van der Waals surface area (Å²) < 4.78 is 38.0. The molecule has 2 aliphatic heterocycles. The summed E-state index contributed by atoms with van der Waals surface area (Å²) in [5, 5.41) is 0.774. The number of hydrogen-bond donors (Lipinski definition) is 0. The Morgan fingerprint density at radius 3 is 2.53 bits per heavy atom. The molecule has 0 spiro atoms. The van der Waals surface area contributed by atoms with E-state index in [9.17, 15) is 13.2 Å². The fraction of sp³-hybridized carbons (Fsp3) is 0.545. The number of carbonyl (C=O) groups excluding carboxylic acids is 1. The van der Waals surface area contributed by atoms with Crippen LogP contribution in [0.3, 0.4) is 0 Å². The molecule has 4 rings (SSSR count). The summed E-state index contributed by atoms with van der Waals surface area (Å²) >= 11 is 0. The minimum atomic E-state index is -3.60. The van der Waals surface area contributed by atoms with Crippen molar-refractivity contribution in [3.05, 3.63) is 30.5 Å². The van der Waals surface area contributed by atoms with Gasteiger partial charge in [-0.2, -0.15) is 4.31 Å². The molecule has 0 bridgehead atoms. The molecule has 2 aliphatic rings. The number of nitrogens with zero attached hydrogens (tertiary/aromatic N) is 4. The number of aromatic nitrogens is 1. The van der Waals surface area contributed by atoms with Gasteiger partial charge in [0.2, 0.25) is 10.0 Å². The Kier molecular flexibility index (Phi) is 6.82. The fourth-order valence-corrected chi connectivity index (χ4v) is 5.31. The summed E-state index contributed by atoms with van der Waals surface area (Å²) in [6, 6.07) is 7.46. The number of sulfonamides is 1. The number of hydrogen-bond acceptors (Lipinski definition) is 7. The van der Waals surface area contributed by atoms with Gasteiger partial charge in [0.15, 0.2) is 0 Å². The first kappa shape index (κ1) is 22.8. The van der Waals surface area contributed by atoms with Gasteiger partial charge in [-0.15, -0.1) is 0 Å². The molecule has 0 saturated carbocycles. The zero-order valence-corrected chi connectivity index (χ0v) is 19.4. The molecule has 0 radical (unpaired) electrons. The quantitative estimate of drug-likeness (QED) is 0.672. The van der Waals surface area contributed by atoms with Crippen LogP contribution in [0, 0.1) is 5.92 Å². The van der Waals surface area contributed by atoms with Crippen molar-refractivity contribution in [3.8, 4) is 0 Å². The van der Waals surface area contributed by atoms with Crippen LogP contribution in [0.2, 0.25) is 0 Å². The second-order valence-corrected chi connectivity index (χ2v) is 10.4. The number of carbonyl (C=O) groups is 1. The van der Waals surface area contributed by atoms with Crippen LogP contribution in [0.15, 0.2) is 35.4 Å². The van der Waals surface area contributed by atoms with Crippen molar-refractivity contribution >= 4 is 32.7 Å². The van der Waals surface area contributed by atoms with Crippen LogP contribution in [0.1, 0.15) is 13.8 Å². The molecule has 0 atom stereocenters. The van der Waals surface area contributed by atoms with Crippen molar-refractivity contribution in [2.75, 3.05) is 64.0 Å². The maximum Gasteiger partial charge on any atom is 0.409 e. The smallest absolute Gasteiger partial charge is 0.409 e. The first-order valence-electron chi connectivity index (χ1n) is 11.0. The van der Waals surface area contributed by atoms with E-state index in [1.807, 2.05) is 32.0 Å². The molecule has 1 aromatic carbocycles. The summed E-state index contributed by atoms with van der Waals surface area (Å²) in [5.74, 6) is 0.305. The SMILES string of the molecule is CC(C)COC(=O)N1CCN(c2cccc3cc(S(=O)(=O)N4CCOCC4)cnc23)CC1. The second kappa shape index (κ2) is 9.60. The summed E-state index contributed by atoms with van der Waals surface area (Å²) in [4.78, 5) is 20.9. The van der Waals surface area contributed by atoms with Crippen molar-refractivity contribution in [1.82, 2.24) is 14.2 Å². The lowest BCUT2D eigenvalue weighted by molar-refractivity contribution is 0.0730. The highest BCUT2D eigenvalue weighted by Crippen LogP contribution is 2.28. The average Bonchev–Trinajstić information content (AvgIpc) is 2.82. The normalized spacial score (nSPS) is 18.3. The molecule has 1 aromatic heterocycles. The van der Waals surface area contributed by atoms with Crippen molar-refractivity contribution in [2.45, 2.75) is 18.7 Å². The number of morpholine rings is 1. The molecule has 32 heavy (non-hydrogen) atoms. The summed E-state index contributed by atoms with van der Waals surface area (Å²) in [6.07, 6.45) is 1.17. The molecule has 3 heterocycles. The van der Waals surface area contributed by atoms with Crippen LogP contribution < -0.4 is 4.90 Å². The molecule has 0 N–H and O–H groups in total. The Morgan fingerprint density at radius 1 is 1.12 bits per heavy atom. The molecule has 174 valence electrons. The summed E-state index contributed by atoms with van der Waals surface area (Å²) in [7, 11) is -3.60. The third kappa shape index (κ3) is 4.82. The topological polar surface area (TPSA) is 92.3 Å². The van der Waals surface area contributed by atoms with E-state index < -0.39 is 10.0 Å². The Bertz CT molecular complexity index is 1060. The number of benzene rings is 1. The van der Waals surface area contributed by atoms with Crippen LogP contribution in [0.5, 0.6) is 0 Å². The average molecular weight is 463 g/mol. The summed E-state index contributed by atoms with van der Waals surface area (Å²) in [5.41, 5.74) is 1.69. The van der Waals surface area contributed by atoms with E-state index in [1.54, 1.807) is 11.0 Å². The van der Waals surface area contributed by atoms with Crippen molar-refractivity contribution < 1.29 is 22.7 Å². The van der Waals surface area contributed by atoms with Gasteiger partial charge in [0, 0.05) is 50.9 Å². The van der Waals surface area contributed by atoms with Crippen molar-refractivity contribution in [2.24, 2.45) is 5.92 Å². The summed E-state index contributed by atoms with van der Waals surface area (Å²) in [6.45, 7) is 8.40. The van der Waals surface area contributed by atoms with Gasteiger partial charge in [-0.3, -0.25) is 4.98 Å². The van der Waals surface area contributed by atoms with Gasteiger partial charge in [-0.25, -0.2) is 13.2 Å². The number of fused-ring (bicyclic) bond motifs is 1. The highest BCUT2D eigenvalue weighted by atomic mass is 32.2. The molecular formula is C22H30N4O5S. The van der Waals surface area contributed by atoms with E-state index in [0.29, 0.717) is 65.0 Å². The highest BCUT2D eigenvalue weighted by molar-refractivity contribution is 7.89. The van der Waals surface area contributed by atoms with Gasteiger partial charge in [0.25, 0.3) is 0 Å². The van der Waals surface area contributed by atoms with Gasteiger partial charge >= 0.3 is 6.09 Å². The van der Waals surface area contributed by atoms with Gasteiger partial charge < -0.3 is 19.3 Å². The third-order valence-electron chi connectivity index (χ3n) is 5.69. The molecule has 0 unspecified atom stereocenters. The largest absolute Gasteiger partial charge is 0.449 e. The van der Waals surface area contributed by atoms with E-state index in [1.165, 1.54) is 10.5 Å². The number of para-hydroxylation sites is 1. The number of anilines is 1. The molecule has 0 aliphatic carbocycles. The van der Waals surface area contributed by atoms with E-state index in [4.69, 9.17) is 9.47 Å². The lowest BCUT2D eigenvalue weighted by Gasteiger charge is -2.35. The fourth-order valence-electron chi connectivity index (χ4n) is 3.92. The number of ether oxygens (including phenoxy) is 2. The Balaban J connectivity index is 1.49. The van der Waals surface area contributed by atoms with E-state index in [2.05, 4.69) is 9.88 Å². The number of rotatable bonds is 5. The van der Waals surface area contributed by atoms with Crippen LogP contribution in [0.4, 0.5) is 10.5 Å². The first-order chi connectivity index (χ1) is 15.4. The van der Waals surface area contributed by atoms with Crippen LogP contribution in [-0.4, -0.2) is 87.8 Å². The minimum absolute atomic E-state index is 0.196. The monoisotopic (exact) mass is 462 g/mol. The van der Waals surface area contributed by atoms with E-state index >= 15 is 0 Å². The van der Waals surface area contributed by atoms with E-state index in [-0.39, 0.29) is 11.0 Å². The van der Waals surface area contributed by atoms with Crippen LogP contribution in [-0.2, 0) is 19.5 Å². The zero-order valence-electron chi connectivity index (χ0n) is 18.6. The van der Waals surface area contributed by atoms with E-state index in [0.717, 1.165) is 16.6 Å². The molecule has 2 fully saturated rings. The third-order valence-corrected chi connectivity index (χ3v) is 7.56. The molecule has 2 aromatic rings. The molecule has 10 heteroatoms. The maximum atomic E-state index is 13.0. The first-order valence-corrected chi connectivity index (χ1v) is 12.4. The lowest BCUT2D eigenvalue weighted by atomic mass is 10.1. The van der Waals surface area contributed by atoms with Gasteiger partial charge in [0.05, 0.1) is 31.0 Å². The van der Waals surface area contributed by atoms with Crippen molar-refractivity contribution in [1.29, 1.82) is 0 Å². The Hall–Kier alpha value is -2.43. The molecule has 9 nitrogen and oxygen atoms in total. The predicted molar refractivity (Wildman–Crippen MR) is 121 cm³/mol.